The SMILES string of the molecule is CC(C)c1ncc(N2CCCC(C)(C)CC2)c(CN)n1. The fourth-order valence-corrected chi connectivity index (χ4v) is 2.78. The van der Waals surface area contributed by atoms with Gasteiger partial charge in [-0.1, -0.05) is 27.7 Å². The number of aromatic nitrogens is 2. The van der Waals surface area contributed by atoms with Crippen LogP contribution in [0.25, 0.3) is 0 Å². The van der Waals surface area contributed by atoms with E-state index < -0.39 is 0 Å². The van der Waals surface area contributed by atoms with Crippen molar-refractivity contribution >= 4 is 5.69 Å². The minimum absolute atomic E-state index is 0.345. The Balaban J connectivity index is 2.23. The molecule has 112 valence electrons. The Bertz CT molecular complexity index is 454. The fraction of sp³-hybridized carbons (Fsp3) is 0.750. The van der Waals surface area contributed by atoms with Crippen LogP contribution < -0.4 is 10.6 Å². The highest BCUT2D eigenvalue weighted by Crippen LogP contribution is 2.32. The summed E-state index contributed by atoms with van der Waals surface area (Å²) < 4.78 is 0. The van der Waals surface area contributed by atoms with Gasteiger partial charge in [0.1, 0.15) is 5.82 Å². The standard InChI is InChI=1S/C16H28N4/c1-12(2)15-18-11-14(13(10-17)19-15)20-8-5-6-16(3,4)7-9-20/h11-12H,5-10,17H2,1-4H3. The number of rotatable bonds is 3. The Hall–Kier alpha value is -1.16. The van der Waals surface area contributed by atoms with Crippen LogP contribution in [0.4, 0.5) is 5.69 Å². The Morgan fingerprint density at radius 1 is 1.30 bits per heavy atom. The monoisotopic (exact) mass is 276 g/mol. The first-order chi connectivity index (χ1) is 9.43. The van der Waals surface area contributed by atoms with Gasteiger partial charge in [0.15, 0.2) is 0 Å². The van der Waals surface area contributed by atoms with Crippen LogP contribution in [0.2, 0.25) is 0 Å². The molecular formula is C16H28N4. The molecule has 0 unspecified atom stereocenters. The van der Waals surface area contributed by atoms with Gasteiger partial charge < -0.3 is 10.6 Å². The first-order valence-corrected chi connectivity index (χ1v) is 7.74. The molecule has 0 radical (unpaired) electrons. The van der Waals surface area contributed by atoms with Crippen molar-refractivity contribution in [2.75, 3.05) is 18.0 Å². The maximum atomic E-state index is 5.90. The predicted molar refractivity (Wildman–Crippen MR) is 83.9 cm³/mol. The number of hydrogen-bond donors (Lipinski definition) is 1. The van der Waals surface area contributed by atoms with Crippen molar-refractivity contribution in [3.05, 3.63) is 17.7 Å². The van der Waals surface area contributed by atoms with Crippen LogP contribution in [0.3, 0.4) is 0 Å². The summed E-state index contributed by atoms with van der Waals surface area (Å²) in [7, 11) is 0. The fourth-order valence-electron chi connectivity index (χ4n) is 2.78. The van der Waals surface area contributed by atoms with E-state index in [4.69, 9.17) is 5.73 Å². The molecule has 0 amide bonds. The number of hydrogen-bond acceptors (Lipinski definition) is 4. The lowest BCUT2D eigenvalue weighted by Gasteiger charge is -2.26. The lowest BCUT2D eigenvalue weighted by atomic mass is 9.85. The highest BCUT2D eigenvalue weighted by Gasteiger charge is 2.24. The van der Waals surface area contributed by atoms with Crippen molar-refractivity contribution < 1.29 is 0 Å². The molecule has 1 aromatic rings. The van der Waals surface area contributed by atoms with Gasteiger partial charge in [-0.3, -0.25) is 0 Å². The minimum atomic E-state index is 0.345. The van der Waals surface area contributed by atoms with Gasteiger partial charge in [-0.25, -0.2) is 9.97 Å². The van der Waals surface area contributed by atoms with Crippen molar-refractivity contribution in [3.8, 4) is 0 Å². The van der Waals surface area contributed by atoms with E-state index in [9.17, 15) is 0 Å². The quantitative estimate of drug-likeness (QED) is 0.922. The molecule has 1 saturated heterocycles. The molecule has 1 aliphatic heterocycles. The molecule has 2 heterocycles. The molecule has 1 aliphatic rings. The molecule has 1 aromatic heterocycles. The first kappa shape index (κ1) is 15.2. The van der Waals surface area contributed by atoms with Crippen molar-refractivity contribution in [3.63, 3.8) is 0 Å². The van der Waals surface area contributed by atoms with Crippen molar-refractivity contribution in [1.82, 2.24) is 9.97 Å². The number of nitrogens with zero attached hydrogens (tertiary/aromatic N) is 3. The average molecular weight is 276 g/mol. The summed E-state index contributed by atoms with van der Waals surface area (Å²) in [6, 6.07) is 0. The van der Waals surface area contributed by atoms with Gasteiger partial charge >= 0.3 is 0 Å². The van der Waals surface area contributed by atoms with Gasteiger partial charge in [0.05, 0.1) is 17.6 Å². The molecule has 0 aliphatic carbocycles. The third-order valence-corrected chi connectivity index (χ3v) is 4.25. The maximum absolute atomic E-state index is 5.90. The predicted octanol–water partition coefficient (Wildman–Crippen LogP) is 3.08. The van der Waals surface area contributed by atoms with Crippen LogP contribution in [0, 0.1) is 5.41 Å². The van der Waals surface area contributed by atoms with E-state index in [0.29, 0.717) is 17.9 Å². The summed E-state index contributed by atoms with van der Waals surface area (Å²) in [5, 5.41) is 0. The smallest absolute Gasteiger partial charge is 0.131 e. The van der Waals surface area contributed by atoms with Gasteiger partial charge in [-0.15, -0.1) is 0 Å². The van der Waals surface area contributed by atoms with E-state index in [-0.39, 0.29) is 0 Å². The minimum Gasteiger partial charge on any atom is -0.369 e. The Morgan fingerprint density at radius 3 is 2.70 bits per heavy atom. The molecule has 2 N–H and O–H groups in total. The first-order valence-electron chi connectivity index (χ1n) is 7.74. The van der Waals surface area contributed by atoms with Crippen LogP contribution in [0.15, 0.2) is 6.20 Å². The molecule has 20 heavy (non-hydrogen) atoms. The second-order valence-electron chi connectivity index (χ2n) is 6.92. The van der Waals surface area contributed by atoms with E-state index in [1.54, 1.807) is 0 Å². The van der Waals surface area contributed by atoms with Gasteiger partial charge in [0.25, 0.3) is 0 Å². The molecular weight excluding hydrogens is 248 g/mol. The lowest BCUT2D eigenvalue weighted by molar-refractivity contribution is 0.325. The van der Waals surface area contributed by atoms with E-state index in [2.05, 4.69) is 42.6 Å². The highest BCUT2D eigenvalue weighted by molar-refractivity contribution is 5.49. The zero-order valence-electron chi connectivity index (χ0n) is 13.3. The molecule has 0 saturated carbocycles. The van der Waals surface area contributed by atoms with Crippen LogP contribution in [0.1, 0.15) is 64.4 Å². The van der Waals surface area contributed by atoms with Gasteiger partial charge in [-0.2, -0.15) is 0 Å². The molecule has 0 aromatic carbocycles. The molecule has 0 spiro atoms. The number of anilines is 1. The Morgan fingerprint density at radius 2 is 2.05 bits per heavy atom. The van der Waals surface area contributed by atoms with Crippen LogP contribution in [0.5, 0.6) is 0 Å². The zero-order chi connectivity index (χ0) is 14.8. The van der Waals surface area contributed by atoms with Crippen molar-refractivity contribution in [1.29, 1.82) is 0 Å². The third kappa shape index (κ3) is 3.48. The maximum Gasteiger partial charge on any atom is 0.131 e. The zero-order valence-corrected chi connectivity index (χ0v) is 13.3. The molecule has 1 fully saturated rings. The molecule has 0 bridgehead atoms. The summed E-state index contributed by atoms with van der Waals surface area (Å²) >= 11 is 0. The largest absolute Gasteiger partial charge is 0.369 e. The molecule has 4 heteroatoms. The van der Waals surface area contributed by atoms with E-state index in [1.165, 1.54) is 19.3 Å². The second kappa shape index (κ2) is 6.08. The third-order valence-electron chi connectivity index (χ3n) is 4.25. The molecule has 4 nitrogen and oxygen atoms in total. The summed E-state index contributed by atoms with van der Waals surface area (Å²) in [4.78, 5) is 11.6. The Kier molecular flexibility index (Phi) is 4.63. The van der Waals surface area contributed by atoms with Crippen molar-refractivity contribution in [2.24, 2.45) is 11.1 Å². The van der Waals surface area contributed by atoms with E-state index in [0.717, 1.165) is 30.3 Å². The summed E-state index contributed by atoms with van der Waals surface area (Å²) in [5.41, 5.74) is 8.47. The van der Waals surface area contributed by atoms with Gasteiger partial charge in [0.2, 0.25) is 0 Å². The topological polar surface area (TPSA) is 55.0 Å². The van der Waals surface area contributed by atoms with Crippen LogP contribution >= 0.6 is 0 Å². The normalized spacial score (nSPS) is 19.2. The molecule has 0 atom stereocenters. The Labute approximate surface area is 122 Å². The second-order valence-corrected chi connectivity index (χ2v) is 6.92. The van der Waals surface area contributed by atoms with Gasteiger partial charge in [0, 0.05) is 25.6 Å². The van der Waals surface area contributed by atoms with E-state index in [1.807, 2.05) is 6.20 Å². The molecule has 2 rings (SSSR count). The van der Waals surface area contributed by atoms with Crippen LogP contribution in [-0.2, 0) is 6.54 Å². The van der Waals surface area contributed by atoms with Crippen LogP contribution in [-0.4, -0.2) is 23.1 Å². The summed E-state index contributed by atoms with van der Waals surface area (Å²) in [5.74, 6) is 1.24. The summed E-state index contributed by atoms with van der Waals surface area (Å²) in [6.07, 6.45) is 5.70. The number of nitrogens with two attached hydrogens (primary N) is 1. The van der Waals surface area contributed by atoms with E-state index >= 15 is 0 Å². The average Bonchev–Trinajstić information content (AvgIpc) is 2.59. The lowest BCUT2D eigenvalue weighted by Crippen LogP contribution is -2.27. The van der Waals surface area contributed by atoms with Crippen molar-refractivity contribution in [2.45, 2.75) is 59.4 Å². The van der Waals surface area contributed by atoms with Gasteiger partial charge in [-0.05, 0) is 24.7 Å². The highest BCUT2D eigenvalue weighted by atomic mass is 15.2. The summed E-state index contributed by atoms with van der Waals surface area (Å²) in [6.45, 7) is 11.6.